The molecule has 0 aliphatic heterocycles. The van der Waals surface area contributed by atoms with E-state index in [1.807, 2.05) is 24.3 Å². The summed E-state index contributed by atoms with van der Waals surface area (Å²) < 4.78 is 5.20. The second kappa shape index (κ2) is 7.92. The molecule has 3 aromatic rings. The van der Waals surface area contributed by atoms with E-state index < -0.39 is 18.0 Å². The number of phenolic OH excluding ortho intramolecular Hbond substituents is 1. The summed E-state index contributed by atoms with van der Waals surface area (Å²) in [5, 5.41) is 14.3. The van der Waals surface area contributed by atoms with Crippen LogP contribution in [0.2, 0.25) is 0 Å². The highest BCUT2D eigenvalue weighted by molar-refractivity contribution is 6.01. The molecule has 0 bridgehead atoms. The van der Waals surface area contributed by atoms with Gasteiger partial charge < -0.3 is 15.2 Å². The molecule has 0 heterocycles. The maximum atomic E-state index is 12.4. The normalized spacial score (nSPS) is 11.6. The van der Waals surface area contributed by atoms with Gasteiger partial charge in [-0.05, 0) is 48.9 Å². The summed E-state index contributed by atoms with van der Waals surface area (Å²) in [6.07, 6.45) is -1.10. The second-order valence-electron chi connectivity index (χ2n) is 6.39. The van der Waals surface area contributed by atoms with Crippen molar-refractivity contribution in [1.29, 1.82) is 0 Å². The van der Waals surface area contributed by atoms with Crippen molar-refractivity contribution in [2.45, 2.75) is 20.0 Å². The monoisotopic (exact) mass is 377 g/mol. The van der Waals surface area contributed by atoms with Crippen molar-refractivity contribution in [3.63, 3.8) is 0 Å². The van der Waals surface area contributed by atoms with Gasteiger partial charge in [0.05, 0.1) is 0 Å². The molecule has 0 saturated heterocycles. The number of ketones is 1. The molecule has 3 aromatic carbocycles. The number of nitrogens with one attached hydrogen (secondary N) is 1. The van der Waals surface area contributed by atoms with Crippen LogP contribution in [-0.4, -0.2) is 28.9 Å². The number of fused-ring (bicyclic) bond motifs is 1. The van der Waals surface area contributed by atoms with E-state index >= 15 is 0 Å². The Balaban J connectivity index is 1.71. The van der Waals surface area contributed by atoms with Crippen LogP contribution in [0.25, 0.3) is 10.8 Å². The number of esters is 1. The van der Waals surface area contributed by atoms with E-state index in [4.69, 9.17) is 4.74 Å². The molecule has 6 heteroatoms. The van der Waals surface area contributed by atoms with Crippen LogP contribution >= 0.6 is 0 Å². The zero-order valence-corrected chi connectivity index (χ0v) is 15.4. The van der Waals surface area contributed by atoms with Gasteiger partial charge in [-0.3, -0.25) is 9.59 Å². The Morgan fingerprint density at radius 3 is 2.32 bits per heavy atom. The highest BCUT2D eigenvalue weighted by Gasteiger charge is 2.21. The molecule has 0 fully saturated rings. The smallest absolute Gasteiger partial charge is 0.342 e. The lowest BCUT2D eigenvalue weighted by atomic mass is 10.1. The zero-order chi connectivity index (χ0) is 20.3. The minimum atomic E-state index is -1.10. The number of hydrogen-bond donors (Lipinski definition) is 2. The van der Waals surface area contributed by atoms with Crippen LogP contribution in [0.1, 0.15) is 34.6 Å². The molecule has 0 aliphatic rings. The summed E-state index contributed by atoms with van der Waals surface area (Å²) in [4.78, 5) is 36.2. The van der Waals surface area contributed by atoms with E-state index in [-0.39, 0.29) is 17.1 Å². The first kappa shape index (κ1) is 19.1. The summed E-state index contributed by atoms with van der Waals surface area (Å²) in [5.41, 5.74) is 0.870. The van der Waals surface area contributed by atoms with Gasteiger partial charge in [-0.25, -0.2) is 4.79 Å². The molecule has 0 spiro atoms. The topological polar surface area (TPSA) is 92.7 Å². The number of phenols is 1. The first-order valence-corrected chi connectivity index (χ1v) is 8.70. The number of Topliss-reactive ketones (excluding diaryl/α,β-unsaturated/α-hetero) is 1. The van der Waals surface area contributed by atoms with Crippen molar-refractivity contribution in [2.75, 3.05) is 5.32 Å². The lowest BCUT2D eigenvalue weighted by Crippen LogP contribution is -2.30. The molecule has 3 rings (SSSR count). The van der Waals surface area contributed by atoms with Gasteiger partial charge in [-0.15, -0.1) is 0 Å². The van der Waals surface area contributed by atoms with Crippen LogP contribution in [0, 0.1) is 0 Å². The Labute approximate surface area is 161 Å². The molecule has 2 N–H and O–H groups in total. The highest BCUT2D eigenvalue weighted by atomic mass is 16.5. The third kappa shape index (κ3) is 4.17. The average molecular weight is 377 g/mol. The largest absolute Gasteiger partial charge is 0.507 e. The van der Waals surface area contributed by atoms with Crippen molar-refractivity contribution in [2.24, 2.45) is 0 Å². The minimum absolute atomic E-state index is 0.0167. The molecule has 1 atom stereocenters. The van der Waals surface area contributed by atoms with Crippen molar-refractivity contribution < 1.29 is 24.2 Å². The van der Waals surface area contributed by atoms with Gasteiger partial charge in [0.15, 0.2) is 11.9 Å². The Bertz CT molecular complexity index is 1070. The zero-order valence-electron chi connectivity index (χ0n) is 15.4. The fraction of sp³-hybridized carbons (Fsp3) is 0.136. The third-order valence-electron chi connectivity index (χ3n) is 4.27. The number of amides is 1. The van der Waals surface area contributed by atoms with Crippen molar-refractivity contribution in [3.05, 3.63) is 71.8 Å². The third-order valence-corrected chi connectivity index (χ3v) is 4.27. The van der Waals surface area contributed by atoms with Gasteiger partial charge in [0.2, 0.25) is 0 Å². The molecular formula is C22H19NO5. The van der Waals surface area contributed by atoms with Crippen LogP contribution in [0.3, 0.4) is 0 Å². The maximum absolute atomic E-state index is 12.4. The van der Waals surface area contributed by atoms with Crippen LogP contribution in [0.4, 0.5) is 5.69 Å². The van der Waals surface area contributed by atoms with Gasteiger partial charge in [-0.1, -0.05) is 36.4 Å². The van der Waals surface area contributed by atoms with Crippen LogP contribution in [-0.2, 0) is 9.53 Å². The molecule has 142 valence electrons. The Morgan fingerprint density at radius 1 is 0.964 bits per heavy atom. The summed E-state index contributed by atoms with van der Waals surface area (Å²) in [6.45, 7) is 2.86. The van der Waals surface area contributed by atoms with Gasteiger partial charge in [-0.2, -0.15) is 0 Å². The van der Waals surface area contributed by atoms with Crippen LogP contribution in [0.5, 0.6) is 5.75 Å². The molecule has 0 aromatic heterocycles. The van der Waals surface area contributed by atoms with Crippen molar-refractivity contribution in [3.8, 4) is 5.75 Å². The van der Waals surface area contributed by atoms with E-state index in [0.29, 0.717) is 11.3 Å². The maximum Gasteiger partial charge on any atom is 0.342 e. The van der Waals surface area contributed by atoms with E-state index in [0.717, 1.165) is 10.8 Å². The molecule has 1 amide bonds. The van der Waals surface area contributed by atoms with Crippen LogP contribution in [0.15, 0.2) is 60.7 Å². The highest BCUT2D eigenvalue weighted by Crippen LogP contribution is 2.26. The number of carbonyl (C=O) groups excluding carboxylic acids is 3. The van der Waals surface area contributed by atoms with Gasteiger partial charge in [0.25, 0.3) is 5.91 Å². The van der Waals surface area contributed by atoms with E-state index in [1.54, 1.807) is 24.3 Å². The summed E-state index contributed by atoms with van der Waals surface area (Å²) in [6, 6.07) is 16.7. The predicted molar refractivity (Wildman–Crippen MR) is 106 cm³/mol. The fourth-order valence-electron chi connectivity index (χ4n) is 2.73. The number of aromatic hydroxyl groups is 1. The number of rotatable bonds is 5. The second-order valence-corrected chi connectivity index (χ2v) is 6.39. The number of benzene rings is 3. The van der Waals surface area contributed by atoms with E-state index in [1.165, 1.54) is 26.0 Å². The molecule has 28 heavy (non-hydrogen) atoms. The lowest BCUT2D eigenvalue weighted by molar-refractivity contribution is -0.123. The quantitative estimate of drug-likeness (QED) is 0.519. The number of hydrogen-bond acceptors (Lipinski definition) is 5. The Kier molecular flexibility index (Phi) is 5.40. The molecule has 0 unspecified atom stereocenters. The number of carbonyl (C=O) groups is 3. The molecular weight excluding hydrogens is 358 g/mol. The van der Waals surface area contributed by atoms with E-state index in [2.05, 4.69) is 5.32 Å². The first-order valence-electron chi connectivity index (χ1n) is 8.70. The average Bonchev–Trinajstić information content (AvgIpc) is 2.67. The molecule has 0 radical (unpaired) electrons. The van der Waals surface area contributed by atoms with E-state index in [9.17, 15) is 19.5 Å². The number of anilines is 1. The lowest BCUT2D eigenvalue weighted by Gasteiger charge is -2.14. The first-order chi connectivity index (χ1) is 13.3. The predicted octanol–water partition coefficient (Wildman–Crippen LogP) is 3.93. The van der Waals surface area contributed by atoms with Crippen LogP contribution < -0.4 is 5.32 Å². The summed E-state index contributed by atoms with van der Waals surface area (Å²) in [5.74, 6) is -1.69. The van der Waals surface area contributed by atoms with Gasteiger partial charge >= 0.3 is 5.97 Å². The Morgan fingerprint density at radius 2 is 1.64 bits per heavy atom. The standard InChI is InChI=1S/C22H19NO5/c1-13(24)15-8-5-9-18(10-15)23-21(26)14(2)28-22(27)19-11-16-6-3-4-7-17(16)12-20(19)25/h3-12,14,25H,1-2H3,(H,23,26)/t14-/m0/s1. The molecule has 0 saturated carbocycles. The van der Waals surface area contributed by atoms with Crippen molar-refractivity contribution >= 4 is 34.1 Å². The number of ether oxygens (including phenoxy) is 1. The summed E-state index contributed by atoms with van der Waals surface area (Å²) in [7, 11) is 0. The Hall–Kier alpha value is -3.67. The molecule has 6 nitrogen and oxygen atoms in total. The van der Waals surface area contributed by atoms with Gasteiger partial charge in [0, 0.05) is 11.3 Å². The minimum Gasteiger partial charge on any atom is -0.507 e. The SMILES string of the molecule is CC(=O)c1cccc(NC(=O)[C@H](C)OC(=O)c2cc3ccccc3cc2O)c1. The molecule has 0 aliphatic carbocycles. The van der Waals surface area contributed by atoms with Crippen molar-refractivity contribution in [1.82, 2.24) is 0 Å². The van der Waals surface area contributed by atoms with Gasteiger partial charge in [0.1, 0.15) is 11.3 Å². The fourth-order valence-corrected chi connectivity index (χ4v) is 2.73. The summed E-state index contributed by atoms with van der Waals surface area (Å²) >= 11 is 0.